The Morgan fingerprint density at radius 2 is 1.79 bits per heavy atom. The van der Waals surface area contributed by atoms with Gasteiger partial charge in [0.15, 0.2) is 12.6 Å². The van der Waals surface area contributed by atoms with Crippen LogP contribution in [0.4, 0.5) is 19.4 Å². The van der Waals surface area contributed by atoms with Gasteiger partial charge in [-0.2, -0.15) is 9.97 Å². The molecule has 4 aliphatic heterocycles. The van der Waals surface area contributed by atoms with Crippen LogP contribution in [0.1, 0.15) is 77.2 Å². The first-order chi connectivity index (χ1) is 25.4. The lowest BCUT2D eigenvalue weighted by Gasteiger charge is -2.42. The van der Waals surface area contributed by atoms with Crippen LogP contribution in [0.25, 0.3) is 22.2 Å². The Kier molecular flexibility index (Phi) is 9.46. The predicted octanol–water partition coefficient (Wildman–Crippen LogP) is 6.90. The van der Waals surface area contributed by atoms with Gasteiger partial charge in [-0.3, -0.25) is 9.80 Å². The van der Waals surface area contributed by atoms with Crippen molar-refractivity contribution in [3.8, 4) is 28.9 Å². The molecule has 2 aromatic heterocycles. The van der Waals surface area contributed by atoms with Crippen LogP contribution >= 0.6 is 11.6 Å². The molecule has 0 N–H and O–H groups in total. The van der Waals surface area contributed by atoms with Crippen molar-refractivity contribution in [2.75, 3.05) is 58.7 Å². The summed E-state index contributed by atoms with van der Waals surface area (Å²) in [6, 6.07) is 3.12. The van der Waals surface area contributed by atoms with Crippen LogP contribution in [0.5, 0.6) is 17.6 Å². The molecule has 2 bridgehead atoms. The van der Waals surface area contributed by atoms with Crippen molar-refractivity contribution in [1.29, 1.82) is 0 Å². The van der Waals surface area contributed by atoms with Crippen LogP contribution in [0.2, 0.25) is 5.02 Å². The van der Waals surface area contributed by atoms with Crippen molar-refractivity contribution < 1.29 is 37.3 Å². The number of halogens is 3. The molecule has 0 radical (unpaired) electrons. The van der Waals surface area contributed by atoms with Gasteiger partial charge in [0.1, 0.15) is 46.5 Å². The van der Waals surface area contributed by atoms with Crippen molar-refractivity contribution in [2.24, 2.45) is 0 Å². The van der Waals surface area contributed by atoms with E-state index in [2.05, 4.69) is 4.90 Å². The van der Waals surface area contributed by atoms with Gasteiger partial charge in [-0.25, -0.2) is 18.6 Å². The van der Waals surface area contributed by atoms with E-state index in [1.165, 1.54) is 14.2 Å². The number of carbonyl (C=O) groups is 1. The van der Waals surface area contributed by atoms with Crippen LogP contribution in [-0.2, 0) is 9.47 Å². The summed E-state index contributed by atoms with van der Waals surface area (Å²) in [4.78, 5) is 33.7. The van der Waals surface area contributed by atoms with E-state index in [4.69, 9.17) is 50.2 Å². The molecule has 5 fully saturated rings. The highest BCUT2D eigenvalue weighted by Crippen LogP contribution is 2.50. The highest BCUT2D eigenvalue weighted by atomic mass is 35.5. The number of rotatable bonds is 10. The summed E-state index contributed by atoms with van der Waals surface area (Å²) in [5, 5.41) is 0.743. The van der Waals surface area contributed by atoms with Crippen LogP contribution in [0.3, 0.4) is 0 Å². The minimum absolute atomic E-state index is 0.0158. The molecule has 12 nitrogen and oxygen atoms in total. The molecular formula is C38H47ClF2N6O6. The van der Waals surface area contributed by atoms with Crippen LogP contribution < -0.4 is 19.1 Å². The number of hydrogen-bond acceptors (Lipinski definition) is 11. The van der Waals surface area contributed by atoms with E-state index in [1.54, 1.807) is 12.1 Å². The van der Waals surface area contributed by atoms with Gasteiger partial charge in [-0.05, 0) is 89.5 Å². The molecule has 4 atom stereocenters. The fraction of sp³-hybridized carbons (Fsp3) is 0.632. The summed E-state index contributed by atoms with van der Waals surface area (Å²) in [5.41, 5.74) is 0.164. The monoisotopic (exact) mass is 756 g/mol. The smallest absolute Gasteiger partial charge is 0.410 e. The maximum atomic E-state index is 17.4. The standard InChI is InChI=1S/C38H47ClF2N6O6/c1-37(2,3)53-36(48)47-23-9-10-24(47)18-45(17-23)33-29-32(43-35(44-33)51-19-38-11-6-12-46(38)16-22(40)15-38)30(41)31(42-34(29)50-5)26-13-25(52-20-49-4)14-27(39)28(26)21-7-8-21/h13-14,21-24H,6-12,15-20H2,1-5H3/t22-,23-,24+,38+/m1/s1. The molecule has 6 heterocycles. The summed E-state index contributed by atoms with van der Waals surface area (Å²) in [5.74, 6) is 0.404. The van der Waals surface area contributed by atoms with E-state index in [0.717, 1.165) is 50.6 Å². The summed E-state index contributed by atoms with van der Waals surface area (Å²) >= 11 is 6.83. The molecule has 1 aromatic carbocycles. The first kappa shape index (κ1) is 36.2. The molecule has 1 amide bonds. The topological polar surface area (TPSA) is 112 Å². The van der Waals surface area contributed by atoms with Crippen LogP contribution in [0, 0.1) is 5.82 Å². The number of benzene rings is 1. The Morgan fingerprint density at radius 1 is 1.04 bits per heavy atom. The summed E-state index contributed by atoms with van der Waals surface area (Å²) in [6.45, 7) is 7.75. The molecule has 1 saturated carbocycles. The Bertz CT molecular complexity index is 1900. The molecule has 5 aliphatic rings. The lowest BCUT2D eigenvalue weighted by molar-refractivity contribution is 0.0122. The molecule has 15 heteroatoms. The Balaban J connectivity index is 1.24. The summed E-state index contributed by atoms with van der Waals surface area (Å²) in [7, 11) is 3.00. The van der Waals surface area contributed by atoms with Gasteiger partial charge >= 0.3 is 12.1 Å². The number of anilines is 1. The van der Waals surface area contributed by atoms with Gasteiger partial charge in [-0.1, -0.05) is 11.6 Å². The SMILES string of the molecule is COCOc1cc(Cl)c(C2CC2)c(-c2nc(OC)c3c(N4C[C@H]5CC[C@@H](C4)N5C(=O)OC(C)(C)C)nc(OC[C@@]45CCCN4C[C@H](F)C5)nc3c2F)c1. The fourth-order valence-electron chi connectivity index (χ4n) is 8.85. The lowest BCUT2D eigenvalue weighted by atomic mass is 9.95. The van der Waals surface area contributed by atoms with Gasteiger partial charge in [0.2, 0.25) is 5.88 Å². The number of fused-ring (bicyclic) bond motifs is 4. The molecular weight excluding hydrogens is 710 g/mol. The molecule has 4 saturated heterocycles. The van der Waals surface area contributed by atoms with E-state index < -0.39 is 23.1 Å². The predicted molar refractivity (Wildman–Crippen MR) is 194 cm³/mol. The second-order valence-corrected chi connectivity index (χ2v) is 16.5. The average molecular weight is 757 g/mol. The molecule has 3 aromatic rings. The molecule has 0 spiro atoms. The maximum Gasteiger partial charge on any atom is 0.410 e. The zero-order valence-corrected chi connectivity index (χ0v) is 31.7. The second-order valence-electron chi connectivity index (χ2n) is 16.1. The molecule has 0 unspecified atom stereocenters. The third kappa shape index (κ3) is 6.79. The van der Waals surface area contributed by atoms with E-state index in [0.29, 0.717) is 53.6 Å². The molecule has 1 aliphatic carbocycles. The number of amides is 1. The van der Waals surface area contributed by atoms with Crippen molar-refractivity contribution in [3.63, 3.8) is 0 Å². The van der Waals surface area contributed by atoms with Gasteiger partial charge in [0, 0.05) is 43.8 Å². The molecule has 8 rings (SSSR count). The highest BCUT2D eigenvalue weighted by molar-refractivity contribution is 6.32. The van der Waals surface area contributed by atoms with Gasteiger partial charge in [-0.15, -0.1) is 0 Å². The third-order valence-electron chi connectivity index (χ3n) is 11.2. The van der Waals surface area contributed by atoms with Gasteiger partial charge in [0.05, 0.1) is 24.7 Å². The van der Waals surface area contributed by atoms with E-state index >= 15 is 4.39 Å². The largest absolute Gasteiger partial charge is 0.480 e. The summed E-state index contributed by atoms with van der Waals surface area (Å²) in [6.07, 6.45) is 4.24. The number of piperazine rings is 1. The number of nitrogens with zero attached hydrogens (tertiary/aromatic N) is 6. The zero-order chi connectivity index (χ0) is 37.2. The van der Waals surface area contributed by atoms with Crippen molar-refractivity contribution in [3.05, 3.63) is 28.5 Å². The second kappa shape index (κ2) is 13.8. The molecule has 286 valence electrons. The Morgan fingerprint density at radius 3 is 2.47 bits per heavy atom. The minimum Gasteiger partial charge on any atom is -0.480 e. The van der Waals surface area contributed by atoms with Crippen LogP contribution in [-0.4, -0.2) is 114 Å². The number of hydrogen-bond donors (Lipinski definition) is 0. The van der Waals surface area contributed by atoms with E-state index in [-0.39, 0.29) is 60.6 Å². The maximum absolute atomic E-state index is 17.4. The molecule has 53 heavy (non-hydrogen) atoms. The normalized spacial score (nSPS) is 25.6. The average Bonchev–Trinajstić information content (AvgIpc) is 3.72. The van der Waals surface area contributed by atoms with Crippen molar-refractivity contribution in [1.82, 2.24) is 24.8 Å². The first-order valence-electron chi connectivity index (χ1n) is 18.6. The summed E-state index contributed by atoms with van der Waals surface area (Å²) < 4.78 is 60.9. The number of pyridine rings is 1. The van der Waals surface area contributed by atoms with Gasteiger partial charge in [0.25, 0.3) is 0 Å². The van der Waals surface area contributed by atoms with Crippen LogP contribution in [0.15, 0.2) is 12.1 Å². The minimum atomic E-state index is -0.935. The van der Waals surface area contributed by atoms with Crippen molar-refractivity contribution in [2.45, 2.75) is 101 Å². The van der Waals surface area contributed by atoms with E-state index in [1.807, 2.05) is 30.6 Å². The number of alkyl halides is 1. The Hall–Kier alpha value is -3.75. The highest BCUT2D eigenvalue weighted by Gasteiger charge is 2.50. The lowest BCUT2D eigenvalue weighted by Crippen LogP contribution is -2.57. The quantitative estimate of drug-likeness (QED) is 0.202. The Labute approximate surface area is 313 Å². The van der Waals surface area contributed by atoms with Crippen molar-refractivity contribution >= 4 is 34.4 Å². The number of carbonyl (C=O) groups excluding carboxylic acids is 1. The van der Waals surface area contributed by atoms with Gasteiger partial charge < -0.3 is 28.6 Å². The number of ether oxygens (including phenoxy) is 5. The number of aromatic nitrogens is 3. The first-order valence-corrected chi connectivity index (χ1v) is 18.9. The fourth-order valence-corrected chi connectivity index (χ4v) is 9.21. The zero-order valence-electron chi connectivity index (χ0n) is 30.9. The van der Waals surface area contributed by atoms with E-state index in [9.17, 15) is 9.18 Å². The third-order valence-corrected chi connectivity index (χ3v) is 11.5. The number of methoxy groups -OCH3 is 2.